The molecule has 0 aliphatic rings. The number of nitrogens with zero attached hydrogens (tertiary/aromatic N) is 3. The summed E-state index contributed by atoms with van der Waals surface area (Å²) in [6.45, 7) is 0.544. The summed E-state index contributed by atoms with van der Waals surface area (Å²) in [5.41, 5.74) is 11.1. The molecule has 0 saturated heterocycles. The highest BCUT2D eigenvalue weighted by Crippen LogP contribution is 2.11. The van der Waals surface area contributed by atoms with E-state index in [4.69, 9.17) is 11.5 Å². The van der Waals surface area contributed by atoms with E-state index >= 15 is 0 Å². The van der Waals surface area contributed by atoms with Crippen LogP contribution in [-0.4, -0.2) is 20.1 Å². The molecule has 0 radical (unpaired) electrons. The number of nitrogens with two attached hydrogens (primary N) is 2. The van der Waals surface area contributed by atoms with Crippen LogP contribution in [0, 0.1) is 0 Å². The monoisotopic (exact) mass is 223 g/mol. The largest absolute Gasteiger partial charge is 0.396 e. The van der Waals surface area contributed by atoms with Gasteiger partial charge < -0.3 is 11.5 Å². The van der Waals surface area contributed by atoms with Crippen LogP contribution in [0.25, 0.3) is 0 Å². The minimum atomic E-state index is -0.615. The van der Waals surface area contributed by atoms with E-state index in [0.717, 1.165) is 4.88 Å². The second-order valence-electron chi connectivity index (χ2n) is 2.97. The first-order valence-corrected chi connectivity index (χ1v) is 4.96. The van der Waals surface area contributed by atoms with E-state index in [1.54, 1.807) is 17.1 Å². The first-order valence-electron chi connectivity index (χ1n) is 4.19. The summed E-state index contributed by atoms with van der Waals surface area (Å²) >= 11 is 1.37. The highest BCUT2D eigenvalue weighted by molar-refractivity contribution is 7.05. The zero-order valence-corrected chi connectivity index (χ0v) is 8.57. The van der Waals surface area contributed by atoms with Crippen LogP contribution >= 0.6 is 11.5 Å². The van der Waals surface area contributed by atoms with Crippen LogP contribution in [0.1, 0.15) is 15.4 Å². The number of amides is 1. The fourth-order valence-electron chi connectivity index (χ4n) is 1.19. The Morgan fingerprint density at radius 3 is 2.93 bits per heavy atom. The molecule has 0 spiro atoms. The van der Waals surface area contributed by atoms with Crippen molar-refractivity contribution in [1.82, 2.24) is 14.2 Å². The second kappa shape index (κ2) is 3.70. The van der Waals surface area contributed by atoms with E-state index in [9.17, 15) is 4.79 Å². The fourth-order valence-corrected chi connectivity index (χ4v) is 1.76. The zero-order chi connectivity index (χ0) is 10.8. The Labute approximate surface area is 89.7 Å². The van der Waals surface area contributed by atoms with Gasteiger partial charge in [0, 0.05) is 17.3 Å². The van der Waals surface area contributed by atoms with Crippen molar-refractivity contribution in [3.63, 3.8) is 0 Å². The highest BCUT2D eigenvalue weighted by atomic mass is 32.1. The molecular formula is C8H9N5OS. The third kappa shape index (κ3) is 1.96. The van der Waals surface area contributed by atoms with Crippen molar-refractivity contribution in [1.29, 1.82) is 0 Å². The van der Waals surface area contributed by atoms with Gasteiger partial charge in [-0.1, -0.05) is 0 Å². The van der Waals surface area contributed by atoms with Gasteiger partial charge in [0.05, 0.1) is 12.2 Å². The molecule has 2 rings (SSSR count). The number of hydrogen-bond acceptors (Lipinski definition) is 5. The van der Waals surface area contributed by atoms with Gasteiger partial charge in [0.25, 0.3) is 5.91 Å². The number of rotatable bonds is 3. The first kappa shape index (κ1) is 9.66. The average molecular weight is 223 g/mol. The van der Waals surface area contributed by atoms with Gasteiger partial charge in [-0.25, -0.2) is 4.37 Å². The molecule has 1 amide bonds. The molecule has 0 bridgehead atoms. The number of hydrogen-bond donors (Lipinski definition) is 2. The number of primary amides is 1. The van der Waals surface area contributed by atoms with Gasteiger partial charge in [-0.3, -0.25) is 9.48 Å². The van der Waals surface area contributed by atoms with Gasteiger partial charge in [-0.2, -0.15) is 5.10 Å². The SMILES string of the molecule is NC(=O)c1nn(Cc2ccns2)cc1N. The summed E-state index contributed by atoms with van der Waals surface area (Å²) in [6.07, 6.45) is 3.29. The van der Waals surface area contributed by atoms with Crippen molar-refractivity contribution in [3.8, 4) is 0 Å². The molecule has 2 aromatic rings. The molecule has 0 aliphatic heterocycles. The molecule has 0 fully saturated rings. The maximum absolute atomic E-state index is 10.9. The molecule has 2 heterocycles. The Morgan fingerprint density at radius 2 is 2.40 bits per heavy atom. The van der Waals surface area contributed by atoms with Gasteiger partial charge >= 0.3 is 0 Å². The minimum absolute atomic E-state index is 0.111. The number of carbonyl (C=O) groups is 1. The van der Waals surface area contributed by atoms with Crippen LogP contribution < -0.4 is 11.5 Å². The third-order valence-electron chi connectivity index (χ3n) is 1.83. The van der Waals surface area contributed by atoms with E-state index in [1.807, 2.05) is 6.07 Å². The molecule has 4 N–H and O–H groups in total. The minimum Gasteiger partial charge on any atom is -0.396 e. The first-order chi connectivity index (χ1) is 7.16. The molecule has 15 heavy (non-hydrogen) atoms. The maximum Gasteiger partial charge on any atom is 0.271 e. The predicted octanol–water partition coefficient (Wildman–Crippen LogP) is 0.0690. The number of nitrogen functional groups attached to an aromatic ring is 1. The molecule has 0 unspecified atom stereocenters. The summed E-state index contributed by atoms with van der Waals surface area (Å²) in [4.78, 5) is 11.9. The van der Waals surface area contributed by atoms with Gasteiger partial charge in [-0.05, 0) is 17.6 Å². The van der Waals surface area contributed by atoms with Crippen LogP contribution in [0.3, 0.4) is 0 Å². The van der Waals surface area contributed by atoms with Crippen LogP contribution in [-0.2, 0) is 6.54 Å². The predicted molar refractivity (Wildman–Crippen MR) is 56.4 cm³/mol. The molecule has 0 aromatic carbocycles. The van der Waals surface area contributed by atoms with E-state index in [2.05, 4.69) is 9.47 Å². The molecule has 0 aliphatic carbocycles. The standard InChI is InChI=1S/C8H9N5OS/c9-6-4-13(12-7(6)8(10)14)3-5-1-2-11-15-5/h1-2,4H,3,9H2,(H2,10,14). The van der Waals surface area contributed by atoms with E-state index in [1.165, 1.54) is 11.5 Å². The van der Waals surface area contributed by atoms with E-state index in [-0.39, 0.29) is 5.69 Å². The molecule has 78 valence electrons. The normalized spacial score (nSPS) is 10.4. The van der Waals surface area contributed by atoms with E-state index in [0.29, 0.717) is 12.2 Å². The van der Waals surface area contributed by atoms with Crippen molar-refractivity contribution in [2.24, 2.45) is 5.73 Å². The molecule has 0 atom stereocenters. The van der Waals surface area contributed by atoms with Crippen molar-refractivity contribution >= 4 is 23.1 Å². The Morgan fingerprint density at radius 1 is 1.60 bits per heavy atom. The van der Waals surface area contributed by atoms with Crippen LogP contribution in [0.5, 0.6) is 0 Å². The molecule has 0 saturated carbocycles. The van der Waals surface area contributed by atoms with Gasteiger partial charge in [-0.15, -0.1) is 0 Å². The maximum atomic E-state index is 10.9. The van der Waals surface area contributed by atoms with E-state index < -0.39 is 5.91 Å². The lowest BCUT2D eigenvalue weighted by Crippen LogP contribution is -2.14. The van der Waals surface area contributed by atoms with Crippen molar-refractivity contribution in [3.05, 3.63) is 29.0 Å². The summed E-state index contributed by atoms with van der Waals surface area (Å²) < 4.78 is 5.53. The number of aromatic nitrogens is 3. The Kier molecular flexibility index (Phi) is 2.38. The van der Waals surface area contributed by atoms with Crippen molar-refractivity contribution in [2.45, 2.75) is 6.54 Å². The summed E-state index contributed by atoms with van der Waals surface area (Å²) in [6, 6.07) is 1.88. The summed E-state index contributed by atoms with van der Waals surface area (Å²) in [5.74, 6) is -0.615. The van der Waals surface area contributed by atoms with Gasteiger partial charge in [0.2, 0.25) is 0 Å². The third-order valence-corrected chi connectivity index (χ3v) is 2.56. The second-order valence-corrected chi connectivity index (χ2v) is 3.89. The Balaban J connectivity index is 2.23. The summed E-state index contributed by atoms with van der Waals surface area (Å²) in [5, 5.41) is 3.98. The lowest BCUT2D eigenvalue weighted by Gasteiger charge is -1.95. The highest BCUT2D eigenvalue weighted by Gasteiger charge is 2.11. The van der Waals surface area contributed by atoms with Gasteiger partial charge in [0.15, 0.2) is 5.69 Å². The number of carbonyl (C=O) groups excluding carboxylic acids is 1. The topological polar surface area (TPSA) is 99.8 Å². The Bertz CT molecular complexity index is 475. The van der Waals surface area contributed by atoms with Crippen LogP contribution in [0.4, 0.5) is 5.69 Å². The average Bonchev–Trinajstić information content (AvgIpc) is 2.75. The molecular weight excluding hydrogens is 214 g/mol. The zero-order valence-electron chi connectivity index (χ0n) is 7.75. The van der Waals surface area contributed by atoms with Crippen LogP contribution in [0.15, 0.2) is 18.5 Å². The fraction of sp³-hybridized carbons (Fsp3) is 0.125. The van der Waals surface area contributed by atoms with Gasteiger partial charge in [0.1, 0.15) is 0 Å². The quantitative estimate of drug-likeness (QED) is 0.768. The number of anilines is 1. The van der Waals surface area contributed by atoms with Crippen LogP contribution in [0.2, 0.25) is 0 Å². The van der Waals surface area contributed by atoms with Crippen molar-refractivity contribution in [2.75, 3.05) is 5.73 Å². The smallest absolute Gasteiger partial charge is 0.271 e. The Hall–Kier alpha value is -1.89. The molecule has 7 heteroatoms. The van der Waals surface area contributed by atoms with Crippen molar-refractivity contribution < 1.29 is 4.79 Å². The lowest BCUT2D eigenvalue weighted by molar-refractivity contribution is 0.0995. The summed E-state index contributed by atoms with van der Waals surface area (Å²) in [7, 11) is 0. The lowest BCUT2D eigenvalue weighted by atomic mass is 10.4. The molecule has 6 nitrogen and oxygen atoms in total. The molecule has 2 aromatic heterocycles.